The van der Waals surface area contributed by atoms with Crippen LogP contribution in [0.3, 0.4) is 0 Å². The fourth-order valence-corrected chi connectivity index (χ4v) is 4.43. The van der Waals surface area contributed by atoms with E-state index in [0.717, 1.165) is 0 Å². The summed E-state index contributed by atoms with van der Waals surface area (Å²) < 4.78 is 1.60. The largest absolute Gasteiger partial charge is 0.380 e. The van der Waals surface area contributed by atoms with Crippen LogP contribution in [0, 0.1) is 0 Å². The highest BCUT2D eigenvalue weighted by Gasteiger charge is 2.41. The second-order valence-corrected chi connectivity index (χ2v) is 8.78. The van der Waals surface area contributed by atoms with Gasteiger partial charge in [-0.3, -0.25) is 14.4 Å². The van der Waals surface area contributed by atoms with Gasteiger partial charge >= 0.3 is 0 Å². The van der Waals surface area contributed by atoms with Crippen LogP contribution in [0.2, 0.25) is 5.02 Å². The molecule has 3 N–H and O–H groups in total. The number of aromatic nitrogens is 2. The molecule has 3 amide bonds. The number of anilines is 1. The van der Waals surface area contributed by atoms with Gasteiger partial charge in [0.2, 0.25) is 0 Å². The Hall–Kier alpha value is -2.95. The van der Waals surface area contributed by atoms with E-state index in [9.17, 15) is 19.5 Å². The maximum atomic E-state index is 13.0. The van der Waals surface area contributed by atoms with Gasteiger partial charge in [0, 0.05) is 51.3 Å². The highest BCUT2D eigenvalue weighted by atomic mass is 35.5. The normalized spacial score (nSPS) is 18.2. The predicted octanol–water partition coefficient (Wildman–Crippen LogP) is 0.725. The number of nitrogens with zero attached hydrogens (tertiary/aromatic N) is 4. The number of amides is 3. The lowest BCUT2D eigenvalue weighted by Crippen LogP contribution is -2.59. The Morgan fingerprint density at radius 1 is 1.12 bits per heavy atom. The van der Waals surface area contributed by atoms with Crippen molar-refractivity contribution in [2.45, 2.75) is 18.4 Å². The van der Waals surface area contributed by atoms with Crippen LogP contribution < -0.4 is 10.6 Å². The second-order valence-electron chi connectivity index (χ2n) is 8.38. The Morgan fingerprint density at radius 3 is 2.39 bits per heavy atom. The maximum Gasteiger partial charge on any atom is 0.291 e. The number of piperazine rings is 1. The van der Waals surface area contributed by atoms with E-state index >= 15 is 0 Å². The molecule has 33 heavy (non-hydrogen) atoms. The number of hydrogen-bond donors (Lipinski definition) is 3. The highest BCUT2D eigenvalue weighted by molar-refractivity contribution is 6.34. The number of hydrogen-bond acceptors (Lipinski definition) is 6. The molecule has 1 aromatic heterocycles. The molecule has 11 heteroatoms. The standard InChI is InChI=1S/C22H27ClN6O4/c1-27-9-8-25-18(27)19(30)26-15-2-3-16(17(23)14-15)20(31)28-10-12-29(13-11-28)21(32)22(33)4-6-24-7-5-22/h2-3,8-9,14,24,33H,4-7,10-13H2,1H3,(H,26,30). The van der Waals surface area contributed by atoms with Crippen molar-refractivity contribution in [1.82, 2.24) is 24.7 Å². The van der Waals surface area contributed by atoms with Crippen LogP contribution in [0.1, 0.15) is 33.8 Å². The van der Waals surface area contributed by atoms with Crippen molar-refractivity contribution in [3.63, 3.8) is 0 Å². The van der Waals surface area contributed by atoms with E-state index in [2.05, 4.69) is 15.6 Å². The van der Waals surface area contributed by atoms with Crippen molar-refractivity contribution >= 4 is 35.0 Å². The summed E-state index contributed by atoms with van der Waals surface area (Å²) in [5.74, 6) is -0.627. The number of halogens is 1. The van der Waals surface area contributed by atoms with Gasteiger partial charge in [0.05, 0.1) is 10.6 Å². The molecule has 0 aliphatic carbocycles. The number of rotatable bonds is 4. The summed E-state index contributed by atoms with van der Waals surface area (Å²) in [4.78, 5) is 45.4. The van der Waals surface area contributed by atoms with Crippen LogP contribution in [0.5, 0.6) is 0 Å². The van der Waals surface area contributed by atoms with E-state index in [1.165, 1.54) is 12.3 Å². The number of carbonyl (C=O) groups is 3. The number of nitrogens with one attached hydrogen (secondary N) is 2. The average Bonchev–Trinajstić information content (AvgIpc) is 3.25. The van der Waals surface area contributed by atoms with Crippen molar-refractivity contribution in [3.8, 4) is 0 Å². The monoisotopic (exact) mass is 474 g/mol. The van der Waals surface area contributed by atoms with E-state index < -0.39 is 5.60 Å². The Labute approximate surface area is 196 Å². The molecule has 2 aliphatic heterocycles. The van der Waals surface area contributed by atoms with E-state index in [0.29, 0.717) is 63.4 Å². The van der Waals surface area contributed by atoms with Gasteiger partial charge in [0.25, 0.3) is 17.7 Å². The van der Waals surface area contributed by atoms with E-state index in [-0.39, 0.29) is 28.6 Å². The van der Waals surface area contributed by atoms with Crippen molar-refractivity contribution in [2.24, 2.45) is 7.05 Å². The summed E-state index contributed by atoms with van der Waals surface area (Å²) in [6.45, 7) is 2.64. The molecule has 3 heterocycles. The van der Waals surface area contributed by atoms with Gasteiger partial charge in [0.15, 0.2) is 5.82 Å². The Bertz CT molecular complexity index is 1060. The molecule has 10 nitrogen and oxygen atoms in total. The van der Waals surface area contributed by atoms with Crippen LogP contribution in [0.4, 0.5) is 5.69 Å². The summed E-state index contributed by atoms with van der Waals surface area (Å²) in [5, 5.41) is 16.8. The molecule has 2 aliphatic rings. The van der Waals surface area contributed by atoms with Crippen molar-refractivity contribution in [1.29, 1.82) is 0 Å². The minimum Gasteiger partial charge on any atom is -0.380 e. The molecule has 2 aromatic rings. The summed E-state index contributed by atoms with van der Waals surface area (Å²) in [7, 11) is 1.72. The maximum absolute atomic E-state index is 13.0. The van der Waals surface area contributed by atoms with Gasteiger partial charge < -0.3 is 30.1 Å². The number of piperidine rings is 1. The van der Waals surface area contributed by atoms with Crippen molar-refractivity contribution in [3.05, 3.63) is 47.0 Å². The Morgan fingerprint density at radius 2 is 1.79 bits per heavy atom. The number of aryl methyl sites for hydroxylation is 1. The summed E-state index contributed by atoms with van der Waals surface area (Å²) >= 11 is 6.36. The quantitative estimate of drug-likeness (QED) is 0.600. The molecule has 1 aromatic carbocycles. The summed E-state index contributed by atoms with van der Waals surface area (Å²) in [6, 6.07) is 4.72. The average molecular weight is 475 g/mol. The molecular weight excluding hydrogens is 448 g/mol. The third-order valence-electron chi connectivity index (χ3n) is 6.16. The van der Waals surface area contributed by atoms with E-state index in [1.807, 2.05) is 0 Å². The first-order chi connectivity index (χ1) is 15.8. The van der Waals surface area contributed by atoms with Crippen LogP contribution in [0.15, 0.2) is 30.6 Å². The number of aliphatic hydroxyl groups is 1. The Balaban J connectivity index is 1.36. The molecule has 176 valence electrons. The third-order valence-corrected chi connectivity index (χ3v) is 6.48. The fraction of sp³-hybridized carbons (Fsp3) is 0.455. The summed E-state index contributed by atoms with van der Waals surface area (Å²) in [6.07, 6.45) is 3.99. The van der Waals surface area contributed by atoms with Crippen molar-refractivity contribution in [2.75, 3.05) is 44.6 Å². The first kappa shape index (κ1) is 23.2. The zero-order chi connectivity index (χ0) is 23.6. The van der Waals surface area contributed by atoms with Crippen LogP contribution in [0.25, 0.3) is 0 Å². The SMILES string of the molecule is Cn1ccnc1C(=O)Nc1ccc(C(=O)N2CCN(C(=O)C3(O)CCNCC3)CC2)c(Cl)c1. The van der Waals surface area contributed by atoms with Gasteiger partial charge in [-0.25, -0.2) is 4.98 Å². The molecule has 0 saturated carbocycles. The lowest BCUT2D eigenvalue weighted by Gasteiger charge is -2.40. The number of imidazole rings is 1. The zero-order valence-corrected chi connectivity index (χ0v) is 19.1. The first-order valence-electron chi connectivity index (χ1n) is 10.9. The molecule has 0 atom stereocenters. The molecule has 0 bridgehead atoms. The zero-order valence-electron chi connectivity index (χ0n) is 18.4. The van der Waals surface area contributed by atoms with Crippen molar-refractivity contribution < 1.29 is 19.5 Å². The smallest absolute Gasteiger partial charge is 0.291 e. The Kier molecular flexibility index (Phi) is 6.68. The van der Waals surface area contributed by atoms with Crippen LogP contribution in [-0.2, 0) is 11.8 Å². The lowest BCUT2D eigenvalue weighted by atomic mass is 9.90. The molecule has 0 unspecified atom stereocenters. The fourth-order valence-electron chi connectivity index (χ4n) is 4.17. The third kappa shape index (κ3) is 4.87. The molecule has 0 radical (unpaired) electrons. The molecular formula is C22H27ClN6O4. The minimum atomic E-state index is -1.32. The minimum absolute atomic E-state index is 0.222. The van der Waals surface area contributed by atoms with Gasteiger partial charge in [-0.1, -0.05) is 11.6 Å². The molecule has 4 rings (SSSR count). The summed E-state index contributed by atoms with van der Waals surface area (Å²) in [5.41, 5.74) is -0.547. The number of carbonyl (C=O) groups excluding carboxylic acids is 3. The van der Waals surface area contributed by atoms with Crippen LogP contribution >= 0.6 is 11.6 Å². The van der Waals surface area contributed by atoms with Gasteiger partial charge in [-0.15, -0.1) is 0 Å². The molecule has 2 saturated heterocycles. The topological polar surface area (TPSA) is 120 Å². The highest BCUT2D eigenvalue weighted by Crippen LogP contribution is 2.25. The van der Waals surface area contributed by atoms with Crippen LogP contribution in [-0.4, -0.2) is 87.0 Å². The molecule has 0 spiro atoms. The molecule has 2 fully saturated rings. The van der Waals surface area contributed by atoms with Gasteiger partial charge in [0.1, 0.15) is 5.60 Å². The van der Waals surface area contributed by atoms with E-state index in [1.54, 1.807) is 39.7 Å². The number of benzene rings is 1. The van der Waals surface area contributed by atoms with E-state index in [4.69, 9.17) is 11.6 Å². The predicted molar refractivity (Wildman–Crippen MR) is 122 cm³/mol. The second kappa shape index (κ2) is 9.50. The lowest BCUT2D eigenvalue weighted by molar-refractivity contribution is -0.155. The van der Waals surface area contributed by atoms with Gasteiger partial charge in [-0.2, -0.15) is 0 Å². The first-order valence-corrected chi connectivity index (χ1v) is 11.3. The van der Waals surface area contributed by atoms with Gasteiger partial charge in [-0.05, 0) is 44.1 Å².